The van der Waals surface area contributed by atoms with Crippen molar-refractivity contribution in [2.45, 2.75) is 118 Å². The first kappa shape index (κ1) is 32.3. The van der Waals surface area contributed by atoms with Crippen LogP contribution in [0.5, 0.6) is 5.75 Å². The van der Waals surface area contributed by atoms with Gasteiger partial charge >= 0.3 is 6.09 Å². The number of alkyl carbamates (subject to hydrolysis) is 1. The molecule has 0 saturated heterocycles. The molecule has 0 aliphatic heterocycles. The average molecular weight is 520 g/mol. The van der Waals surface area contributed by atoms with Crippen molar-refractivity contribution < 1.29 is 24.2 Å². The van der Waals surface area contributed by atoms with Crippen LogP contribution in [0, 0.1) is 6.92 Å². The van der Waals surface area contributed by atoms with Crippen molar-refractivity contribution in [3.05, 3.63) is 29.3 Å². The number of phenols is 1. The van der Waals surface area contributed by atoms with Gasteiger partial charge in [0, 0.05) is 18.2 Å². The second-order valence-corrected chi connectivity index (χ2v) is 10.8. The number of rotatable bonds is 15. The molecule has 0 saturated carbocycles. The molecule has 1 aromatic carbocycles. The molecule has 2 unspecified atom stereocenters. The molecule has 210 valence electrons. The summed E-state index contributed by atoms with van der Waals surface area (Å²) in [7, 11) is 0. The quantitative estimate of drug-likeness (QED) is 0.255. The van der Waals surface area contributed by atoms with E-state index in [1.807, 2.05) is 13.8 Å². The third kappa shape index (κ3) is 11.9. The van der Waals surface area contributed by atoms with Gasteiger partial charge in [-0.15, -0.1) is 0 Å². The molecular weight excluding hydrogens is 470 g/mol. The number of ether oxygens (including phenoxy) is 1. The highest BCUT2D eigenvalue weighted by molar-refractivity contribution is 5.91. The number of carbonyl (C=O) groups is 3. The highest BCUT2D eigenvalue weighted by Gasteiger charge is 2.34. The number of carbonyl (C=O) groups excluding carboxylic acids is 3. The number of unbranched alkanes of at least 4 members (excludes halogenated alkanes) is 5. The number of hydrogen-bond donors (Lipinski definition) is 3. The predicted molar refractivity (Wildman–Crippen MR) is 147 cm³/mol. The summed E-state index contributed by atoms with van der Waals surface area (Å²) >= 11 is 0. The number of hydrogen-bond acceptors (Lipinski definition) is 5. The number of aryl methyl sites for hydroxylation is 1. The standard InChI is InChI=1S/C29H49N3O5/c1-8-10-11-12-13-14-19-32(24(33)20-30-28(36)37-29(5,6)7)25(27(35)31-22(4)16-9-2)23-18-15-17-21(3)26(23)34/h15,17-18,22,25,34H,8-14,16,19-20H2,1-7H3,(H,30,36)(H,31,35). The molecule has 0 aliphatic rings. The molecule has 2 atom stereocenters. The van der Waals surface area contributed by atoms with Gasteiger partial charge in [0.25, 0.3) is 0 Å². The van der Waals surface area contributed by atoms with Gasteiger partial charge in [-0.2, -0.15) is 0 Å². The van der Waals surface area contributed by atoms with E-state index in [2.05, 4.69) is 17.6 Å². The van der Waals surface area contributed by atoms with Crippen molar-refractivity contribution in [2.75, 3.05) is 13.1 Å². The van der Waals surface area contributed by atoms with E-state index < -0.39 is 23.6 Å². The smallest absolute Gasteiger partial charge is 0.408 e. The molecule has 37 heavy (non-hydrogen) atoms. The maximum atomic E-state index is 13.6. The second-order valence-electron chi connectivity index (χ2n) is 10.8. The van der Waals surface area contributed by atoms with Crippen molar-refractivity contribution in [2.24, 2.45) is 0 Å². The summed E-state index contributed by atoms with van der Waals surface area (Å²) in [6, 6.07) is 4.10. The molecule has 0 spiro atoms. The first-order valence-electron chi connectivity index (χ1n) is 13.8. The van der Waals surface area contributed by atoms with Crippen LogP contribution in [0.4, 0.5) is 4.79 Å². The van der Waals surface area contributed by atoms with E-state index in [0.717, 1.165) is 38.5 Å². The van der Waals surface area contributed by atoms with Crippen molar-refractivity contribution in [3.63, 3.8) is 0 Å². The average Bonchev–Trinajstić information content (AvgIpc) is 2.80. The van der Waals surface area contributed by atoms with E-state index >= 15 is 0 Å². The fourth-order valence-electron chi connectivity index (χ4n) is 4.20. The summed E-state index contributed by atoms with van der Waals surface area (Å²) in [6.45, 7) is 13.2. The zero-order valence-corrected chi connectivity index (χ0v) is 24.0. The highest BCUT2D eigenvalue weighted by atomic mass is 16.6. The zero-order chi connectivity index (χ0) is 28.0. The van der Waals surface area contributed by atoms with Crippen LogP contribution >= 0.6 is 0 Å². The molecule has 0 radical (unpaired) electrons. The van der Waals surface area contributed by atoms with Crippen LogP contribution < -0.4 is 10.6 Å². The summed E-state index contributed by atoms with van der Waals surface area (Å²) in [5.41, 5.74) is 0.296. The largest absolute Gasteiger partial charge is 0.507 e. The lowest BCUT2D eigenvalue weighted by Crippen LogP contribution is -2.49. The fraction of sp³-hybridized carbons (Fsp3) is 0.690. The SMILES string of the molecule is CCCCCCCCN(C(=O)CNC(=O)OC(C)(C)C)C(C(=O)NC(C)CCC)c1cccc(C)c1O. The Labute approximate surface area is 223 Å². The highest BCUT2D eigenvalue weighted by Crippen LogP contribution is 2.32. The van der Waals surface area contributed by atoms with Crippen LogP contribution in [0.2, 0.25) is 0 Å². The number of phenolic OH excluding ortho intramolecular Hbond substituents is 1. The fourth-order valence-corrected chi connectivity index (χ4v) is 4.20. The lowest BCUT2D eigenvalue weighted by atomic mass is 9.99. The number of aromatic hydroxyl groups is 1. The Balaban J connectivity index is 3.26. The van der Waals surface area contributed by atoms with Crippen LogP contribution in [0.3, 0.4) is 0 Å². The molecule has 1 aromatic rings. The van der Waals surface area contributed by atoms with E-state index in [-0.39, 0.29) is 24.2 Å². The topological polar surface area (TPSA) is 108 Å². The molecule has 8 nitrogen and oxygen atoms in total. The molecule has 0 bridgehead atoms. The molecule has 0 aliphatic carbocycles. The Kier molecular flexibility index (Phi) is 14.1. The maximum Gasteiger partial charge on any atom is 0.408 e. The molecule has 3 N–H and O–H groups in total. The van der Waals surface area contributed by atoms with Gasteiger partial charge in [0.2, 0.25) is 11.8 Å². The Hall–Kier alpha value is -2.77. The molecule has 0 fully saturated rings. The van der Waals surface area contributed by atoms with Crippen LogP contribution in [0.25, 0.3) is 0 Å². The number of nitrogens with zero attached hydrogens (tertiary/aromatic N) is 1. The van der Waals surface area contributed by atoms with Gasteiger partial charge in [0.15, 0.2) is 0 Å². The first-order valence-corrected chi connectivity index (χ1v) is 13.8. The van der Waals surface area contributed by atoms with Gasteiger partial charge in [-0.05, 0) is 53.0 Å². The van der Waals surface area contributed by atoms with E-state index in [9.17, 15) is 19.5 Å². The van der Waals surface area contributed by atoms with Gasteiger partial charge in [0.1, 0.15) is 23.9 Å². The molecule has 8 heteroatoms. The third-order valence-corrected chi connectivity index (χ3v) is 6.09. The summed E-state index contributed by atoms with van der Waals surface area (Å²) < 4.78 is 5.27. The Morgan fingerprint density at radius 2 is 1.68 bits per heavy atom. The van der Waals surface area contributed by atoms with Gasteiger partial charge in [-0.3, -0.25) is 9.59 Å². The van der Waals surface area contributed by atoms with Crippen LogP contribution in [-0.2, 0) is 14.3 Å². The van der Waals surface area contributed by atoms with Crippen molar-refractivity contribution in [3.8, 4) is 5.75 Å². The van der Waals surface area contributed by atoms with Gasteiger partial charge < -0.3 is 25.4 Å². The van der Waals surface area contributed by atoms with Crippen LogP contribution in [0.1, 0.15) is 110 Å². The number of amides is 3. The summed E-state index contributed by atoms with van der Waals surface area (Å²) in [6.07, 6.45) is 7.12. The first-order chi connectivity index (χ1) is 17.4. The van der Waals surface area contributed by atoms with Crippen molar-refractivity contribution in [1.82, 2.24) is 15.5 Å². The molecule has 0 heterocycles. The minimum absolute atomic E-state index is 0.00774. The molecule has 1 rings (SSSR count). The van der Waals surface area contributed by atoms with Crippen molar-refractivity contribution in [1.29, 1.82) is 0 Å². The summed E-state index contributed by atoms with van der Waals surface area (Å²) in [5.74, 6) is -0.770. The van der Waals surface area contributed by atoms with Gasteiger partial charge in [-0.1, -0.05) is 70.6 Å². The third-order valence-electron chi connectivity index (χ3n) is 6.09. The molecule has 0 aromatic heterocycles. The Morgan fingerprint density at radius 3 is 2.30 bits per heavy atom. The van der Waals surface area contributed by atoms with Crippen LogP contribution in [-0.4, -0.2) is 52.6 Å². The normalized spacial score (nSPS) is 12.9. The molecule has 3 amide bonds. The Bertz CT molecular complexity index is 866. The lowest BCUT2D eigenvalue weighted by molar-refractivity contribution is -0.140. The lowest BCUT2D eigenvalue weighted by Gasteiger charge is -2.33. The monoisotopic (exact) mass is 519 g/mol. The zero-order valence-electron chi connectivity index (χ0n) is 24.0. The number of benzene rings is 1. The second kappa shape index (κ2) is 16.2. The maximum absolute atomic E-state index is 13.6. The molecular formula is C29H49N3O5. The van der Waals surface area contributed by atoms with Gasteiger partial charge in [0.05, 0.1) is 0 Å². The predicted octanol–water partition coefficient (Wildman–Crippen LogP) is 5.76. The van der Waals surface area contributed by atoms with Crippen molar-refractivity contribution >= 4 is 17.9 Å². The van der Waals surface area contributed by atoms with E-state index in [0.29, 0.717) is 24.1 Å². The number of nitrogens with one attached hydrogen (secondary N) is 2. The van der Waals surface area contributed by atoms with E-state index in [1.54, 1.807) is 45.9 Å². The summed E-state index contributed by atoms with van der Waals surface area (Å²) in [4.78, 5) is 40.8. The Morgan fingerprint density at radius 1 is 1.03 bits per heavy atom. The number of para-hydroxylation sites is 1. The van der Waals surface area contributed by atoms with Gasteiger partial charge in [-0.25, -0.2) is 4.79 Å². The van der Waals surface area contributed by atoms with Crippen LogP contribution in [0.15, 0.2) is 18.2 Å². The summed E-state index contributed by atoms with van der Waals surface area (Å²) in [5, 5.41) is 16.4. The van der Waals surface area contributed by atoms with E-state index in [4.69, 9.17) is 4.74 Å². The van der Waals surface area contributed by atoms with E-state index in [1.165, 1.54) is 11.3 Å². The minimum Gasteiger partial charge on any atom is -0.507 e. The minimum atomic E-state index is -1.03.